The third kappa shape index (κ3) is 6.88. The SMILES string of the molecule is CC(C)(CC(n1ccnc1[C@H]1Nc2ccccc2[C@@H]2[C@H]1CCN2C(=O)[C@H]1CCCC[C@H]1N)n1ccnc1[C@H]1Nc2ccccc2[C@@H]2[C@H]1CCN2C(=O)[C@H]1CCCC[C@H]1N)C(=O)O. The van der Waals surface area contributed by atoms with Crippen molar-refractivity contribution in [2.45, 2.75) is 127 Å². The number of nitrogens with one attached hydrogen (secondary N) is 2. The van der Waals surface area contributed by atoms with Gasteiger partial charge in [-0.3, -0.25) is 14.4 Å². The Balaban J connectivity index is 1.02. The normalized spacial score (nSPS) is 30.5. The second-order valence-corrected chi connectivity index (χ2v) is 19.6. The van der Waals surface area contributed by atoms with E-state index in [4.69, 9.17) is 21.4 Å². The molecule has 2 amide bonds. The minimum Gasteiger partial charge on any atom is -0.481 e. The fourth-order valence-electron chi connectivity index (χ4n) is 12.3. The number of fused-ring (bicyclic) bond motifs is 6. The number of aliphatic carboxylic acids is 1. The number of carbonyl (C=O) groups excluding carboxylic acids is 2. The summed E-state index contributed by atoms with van der Waals surface area (Å²) in [4.78, 5) is 56.2. The summed E-state index contributed by atoms with van der Waals surface area (Å²) in [5.41, 5.74) is 16.3. The van der Waals surface area contributed by atoms with Crippen molar-refractivity contribution in [2.24, 2.45) is 40.6 Å². The van der Waals surface area contributed by atoms with Crippen LogP contribution in [0.25, 0.3) is 0 Å². The van der Waals surface area contributed by atoms with Crippen LogP contribution in [0.5, 0.6) is 0 Å². The Morgan fingerprint density at radius 2 is 1.13 bits per heavy atom. The fraction of sp³-hybridized carbons (Fsp3) is 0.562. The number of carboxylic acid groups (broad SMARTS) is 1. The molecular formula is C48H62N10O4. The monoisotopic (exact) mass is 842 g/mol. The number of hydrogen-bond acceptors (Lipinski definition) is 9. The molecule has 14 heteroatoms. The number of nitrogens with zero attached hydrogens (tertiary/aromatic N) is 6. The molecule has 2 saturated carbocycles. The molecule has 10 rings (SSSR count). The minimum absolute atomic E-state index is 0.0155. The van der Waals surface area contributed by atoms with E-state index in [0.717, 1.165) is 98.4 Å². The summed E-state index contributed by atoms with van der Waals surface area (Å²) in [6.45, 7) is 4.82. The van der Waals surface area contributed by atoms with Crippen LogP contribution >= 0.6 is 0 Å². The van der Waals surface area contributed by atoms with E-state index in [1.54, 1.807) is 13.8 Å². The molecule has 0 radical (unpaired) electrons. The van der Waals surface area contributed by atoms with E-state index in [-0.39, 0.29) is 78.2 Å². The van der Waals surface area contributed by atoms with Crippen molar-refractivity contribution in [1.29, 1.82) is 0 Å². The highest BCUT2D eigenvalue weighted by molar-refractivity contribution is 5.82. The number of anilines is 2. The molecular weight excluding hydrogens is 781 g/mol. The largest absolute Gasteiger partial charge is 0.481 e. The summed E-state index contributed by atoms with van der Waals surface area (Å²) in [5, 5.41) is 18.4. The van der Waals surface area contributed by atoms with E-state index in [2.05, 4.69) is 53.8 Å². The van der Waals surface area contributed by atoms with Crippen LogP contribution in [0.15, 0.2) is 73.3 Å². The van der Waals surface area contributed by atoms with Gasteiger partial charge >= 0.3 is 5.97 Å². The molecule has 2 aromatic heterocycles. The molecule has 328 valence electrons. The average molecular weight is 843 g/mol. The Morgan fingerprint density at radius 3 is 1.56 bits per heavy atom. The van der Waals surface area contributed by atoms with Crippen molar-refractivity contribution in [2.75, 3.05) is 23.7 Å². The summed E-state index contributed by atoms with van der Waals surface area (Å²) >= 11 is 0. The third-order valence-electron chi connectivity index (χ3n) is 15.6. The van der Waals surface area contributed by atoms with Crippen LogP contribution in [-0.4, -0.2) is 77.0 Å². The van der Waals surface area contributed by atoms with Crippen molar-refractivity contribution < 1.29 is 19.5 Å². The Morgan fingerprint density at radius 1 is 0.694 bits per heavy atom. The van der Waals surface area contributed by atoms with Crippen LogP contribution < -0.4 is 22.1 Å². The quantitative estimate of drug-likeness (QED) is 0.120. The van der Waals surface area contributed by atoms with Crippen molar-refractivity contribution >= 4 is 29.2 Å². The summed E-state index contributed by atoms with van der Waals surface area (Å²) in [5.74, 6) is 0.656. The molecule has 2 aliphatic carbocycles. The Kier molecular flexibility index (Phi) is 10.6. The summed E-state index contributed by atoms with van der Waals surface area (Å²) in [6, 6.07) is 15.5. The lowest BCUT2D eigenvalue weighted by Gasteiger charge is -2.42. The van der Waals surface area contributed by atoms with E-state index in [1.165, 1.54) is 0 Å². The van der Waals surface area contributed by atoms with Gasteiger partial charge in [-0.25, -0.2) is 9.97 Å². The van der Waals surface area contributed by atoms with Crippen LogP contribution in [0.3, 0.4) is 0 Å². The molecule has 0 unspecified atom stereocenters. The molecule has 0 bridgehead atoms. The number of carboxylic acids is 1. The molecule has 4 aromatic rings. The first-order chi connectivity index (χ1) is 30.0. The number of amides is 2. The van der Waals surface area contributed by atoms with Gasteiger partial charge in [0.1, 0.15) is 17.8 Å². The van der Waals surface area contributed by atoms with Crippen molar-refractivity contribution in [3.63, 3.8) is 0 Å². The zero-order valence-electron chi connectivity index (χ0n) is 36.0. The lowest BCUT2D eigenvalue weighted by Crippen LogP contribution is -2.47. The van der Waals surface area contributed by atoms with Crippen molar-refractivity contribution in [3.05, 3.63) is 96.1 Å². The predicted molar refractivity (Wildman–Crippen MR) is 236 cm³/mol. The maximum Gasteiger partial charge on any atom is 0.309 e. The van der Waals surface area contributed by atoms with Crippen molar-refractivity contribution in [3.8, 4) is 0 Å². The second-order valence-electron chi connectivity index (χ2n) is 19.6. The fourth-order valence-corrected chi connectivity index (χ4v) is 12.3. The summed E-state index contributed by atoms with van der Waals surface area (Å²) < 4.78 is 4.28. The molecule has 14 nitrogen and oxygen atoms in total. The van der Waals surface area contributed by atoms with E-state index in [0.29, 0.717) is 13.1 Å². The number of likely N-dealkylation sites (tertiary alicyclic amines) is 2. The Labute approximate surface area is 363 Å². The van der Waals surface area contributed by atoms with Crippen LogP contribution in [-0.2, 0) is 14.4 Å². The van der Waals surface area contributed by atoms with Crippen molar-refractivity contribution in [1.82, 2.24) is 28.9 Å². The molecule has 10 atom stereocenters. The van der Waals surface area contributed by atoms with Gasteiger partial charge in [-0.05, 0) is 75.6 Å². The van der Waals surface area contributed by atoms with Gasteiger partial charge < -0.3 is 46.1 Å². The lowest BCUT2D eigenvalue weighted by atomic mass is 9.80. The second kappa shape index (κ2) is 16.2. The molecule has 4 fully saturated rings. The van der Waals surface area contributed by atoms with Gasteiger partial charge in [0.2, 0.25) is 11.8 Å². The van der Waals surface area contributed by atoms with E-state index in [1.807, 2.05) is 49.1 Å². The number of hydrogen-bond donors (Lipinski definition) is 5. The highest BCUT2D eigenvalue weighted by Gasteiger charge is 2.52. The first-order valence-electron chi connectivity index (χ1n) is 23.1. The number of benzene rings is 2. The molecule has 6 heterocycles. The first-order valence-corrected chi connectivity index (χ1v) is 23.1. The van der Waals surface area contributed by atoms with Gasteiger partial charge in [-0.2, -0.15) is 0 Å². The Hall–Kier alpha value is -5.21. The van der Waals surface area contributed by atoms with Crippen LogP contribution in [0.4, 0.5) is 11.4 Å². The highest BCUT2D eigenvalue weighted by Crippen LogP contribution is 2.54. The van der Waals surface area contributed by atoms with Gasteiger partial charge in [0.05, 0.1) is 41.4 Å². The zero-order chi connectivity index (χ0) is 42.9. The van der Waals surface area contributed by atoms with Gasteiger partial charge in [0.15, 0.2) is 0 Å². The maximum absolute atomic E-state index is 14.4. The molecule has 0 spiro atoms. The van der Waals surface area contributed by atoms with Crippen LogP contribution in [0, 0.1) is 29.1 Å². The molecule has 62 heavy (non-hydrogen) atoms. The van der Waals surface area contributed by atoms with Gasteiger partial charge in [0, 0.05) is 79.6 Å². The van der Waals surface area contributed by atoms with Gasteiger partial charge in [-0.1, -0.05) is 62.1 Å². The smallest absolute Gasteiger partial charge is 0.309 e. The van der Waals surface area contributed by atoms with Crippen LogP contribution in [0.1, 0.15) is 138 Å². The first kappa shape index (κ1) is 40.8. The number of aromatic nitrogens is 4. The highest BCUT2D eigenvalue weighted by atomic mass is 16.4. The standard InChI is InChI=1S/C48H62N10O4/c1-48(2,47(61)62)27-38(55-25-21-51-43(55)39-32-19-23-57(45(59)28-11-3-7-15-34(28)49)41(32)30-13-5-9-17-36(30)53-39)56-26-22-52-44(56)40-33-20-24-58(46(60)29-12-4-8-16-35(29)50)42(33)31-14-6-10-18-37(31)54-40/h5-6,9-10,13-14,17-18,21-22,25-26,28-29,32-35,38-42,53-54H,3-4,7-8,11-12,15-16,19-20,23-24,27,49-50H2,1-2H3,(H,61,62)/t28-,29-,32-,33-,34+,35+,39-,40-,41+,42+/m0/s1. The number of para-hydroxylation sites is 2. The average Bonchev–Trinajstić information content (AvgIpc) is 4.12. The van der Waals surface area contributed by atoms with E-state index in [9.17, 15) is 19.5 Å². The lowest BCUT2D eigenvalue weighted by molar-refractivity contribution is -0.148. The Bertz CT molecular complexity index is 2180. The minimum atomic E-state index is -1.12. The molecule has 2 saturated heterocycles. The van der Waals surface area contributed by atoms with E-state index < -0.39 is 17.6 Å². The van der Waals surface area contributed by atoms with E-state index >= 15 is 0 Å². The predicted octanol–water partition coefficient (Wildman–Crippen LogP) is 6.78. The number of rotatable bonds is 9. The number of carbonyl (C=O) groups is 3. The zero-order valence-corrected chi connectivity index (χ0v) is 36.0. The van der Waals surface area contributed by atoms with Gasteiger partial charge in [-0.15, -0.1) is 0 Å². The van der Waals surface area contributed by atoms with Gasteiger partial charge in [0.25, 0.3) is 0 Å². The molecule has 6 aliphatic rings. The third-order valence-corrected chi connectivity index (χ3v) is 15.6. The summed E-state index contributed by atoms with van der Waals surface area (Å²) in [7, 11) is 0. The maximum atomic E-state index is 14.4. The molecule has 2 aromatic carbocycles. The summed E-state index contributed by atoms with van der Waals surface area (Å²) in [6.07, 6.45) is 16.4. The number of imidazole rings is 2. The molecule has 4 aliphatic heterocycles. The topological polar surface area (TPSA) is 190 Å². The molecule has 7 N–H and O–H groups in total. The van der Waals surface area contributed by atoms with Crippen LogP contribution in [0.2, 0.25) is 0 Å². The number of nitrogens with two attached hydrogens (primary N) is 2.